The summed E-state index contributed by atoms with van der Waals surface area (Å²) in [6.07, 6.45) is -0.418. The first kappa shape index (κ1) is 22.6. The van der Waals surface area contributed by atoms with Gasteiger partial charge in [0, 0.05) is 18.7 Å². The molecule has 1 aromatic rings. The number of aliphatic imine (C=N–C) groups is 1. The maximum atomic E-state index is 13.0. The highest BCUT2D eigenvalue weighted by atomic mass is 32.2. The van der Waals surface area contributed by atoms with Gasteiger partial charge in [0.05, 0.1) is 17.5 Å². The van der Waals surface area contributed by atoms with Crippen LogP contribution in [0.4, 0.5) is 4.79 Å². The average Bonchev–Trinajstić information content (AvgIpc) is 3.06. The molecule has 0 unspecified atom stereocenters. The number of nitrogens with zero attached hydrogens (tertiary/aromatic N) is 2. The third kappa shape index (κ3) is 5.75. The maximum absolute atomic E-state index is 13.0. The molecule has 8 nitrogen and oxygen atoms in total. The summed E-state index contributed by atoms with van der Waals surface area (Å²) in [7, 11) is -1.31. The summed E-state index contributed by atoms with van der Waals surface area (Å²) >= 11 is 1.30. The molecule has 10 heteroatoms. The number of amidine groups is 1. The zero-order valence-electron chi connectivity index (χ0n) is 17.5. The molecule has 1 aromatic carbocycles. The van der Waals surface area contributed by atoms with Crippen LogP contribution < -0.4 is 5.32 Å². The van der Waals surface area contributed by atoms with Gasteiger partial charge < -0.3 is 15.0 Å². The Kier molecular flexibility index (Phi) is 6.47. The Balaban J connectivity index is 1.76. The van der Waals surface area contributed by atoms with Gasteiger partial charge in [-0.15, -0.1) is 0 Å². The molecule has 0 radical (unpaired) electrons. The number of hydrogen-bond donors (Lipinski definition) is 1. The minimum absolute atomic E-state index is 0.0674. The summed E-state index contributed by atoms with van der Waals surface area (Å²) in [5.41, 5.74) is 0.184. The molecular weight excluding hydrogens is 426 g/mol. The molecule has 3 rings (SSSR count). The van der Waals surface area contributed by atoms with Crippen molar-refractivity contribution in [1.82, 2.24) is 10.2 Å². The van der Waals surface area contributed by atoms with Gasteiger partial charge in [0.25, 0.3) is 5.91 Å². The van der Waals surface area contributed by atoms with Crippen LogP contribution in [0.1, 0.15) is 26.3 Å². The first-order valence-electron chi connectivity index (χ1n) is 9.69. The predicted molar refractivity (Wildman–Crippen MR) is 117 cm³/mol. The van der Waals surface area contributed by atoms with Crippen molar-refractivity contribution in [3.05, 3.63) is 35.9 Å². The molecule has 0 saturated carbocycles. The molecule has 0 spiro atoms. The molecule has 0 aliphatic carbocycles. The van der Waals surface area contributed by atoms with Crippen molar-refractivity contribution in [1.29, 1.82) is 0 Å². The smallest absolute Gasteiger partial charge is 0.408 e. The van der Waals surface area contributed by atoms with E-state index in [-0.39, 0.29) is 29.2 Å². The van der Waals surface area contributed by atoms with Crippen molar-refractivity contribution in [3.63, 3.8) is 0 Å². The zero-order chi connectivity index (χ0) is 22.1. The highest BCUT2D eigenvalue weighted by Crippen LogP contribution is 2.37. The number of nitrogens with one attached hydrogen (secondary N) is 1. The highest BCUT2D eigenvalue weighted by Gasteiger charge is 2.47. The lowest BCUT2D eigenvalue weighted by molar-refractivity contribution is -0.119. The second kappa shape index (κ2) is 8.58. The summed E-state index contributed by atoms with van der Waals surface area (Å²) < 4.78 is 29.0. The molecule has 0 aromatic heterocycles. The number of carbonyl (C=O) groups is 2. The fraction of sp³-hybridized carbons (Fsp3) is 0.550. The topological polar surface area (TPSA) is 105 Å². The summed E-state index contributed by atoms with van der Waals surface area (Å²) in [6, 6.07) is 8.26. The lowest BCUT2D eigenvalue weighted by Crippen LogP contribution is -2.44. The monoisotopic (exact) mass is 453 g/mol. The standard InChI is InChI=1S/C20H27N3O5S2/c1-20(2,3)28-19(25)21-14(10-13-8-6-5-7-9-13)17(24)22-18-23(4)15-11-30(26,27)12-16(15)29-18/h5-9,14-16H,10-12H2,1-4H3,(H,21,25)/t14-,15-,16+/m1/s1. The van der Waals surface area contributed by atoms with Crippen LogP contribution in [0, 0.1) is 0 Å². The van der Waals surface area contributed by atoms with E-state index >= 15 is 0 Å². The Morgan fingerprint density at radius 2 is 1.93 bits per heavy atom. The number of carbonyl (C=O) groups excluding carboxylic acids is 2. The summed E-state index contributed by atoms with van der Waals surface area (Å²) in [5, 5.41) is 2.99. The van der Waals surface area contributed by atoms with Crippen LogP contribution in [-0.4, -0.2) is 72.0 Å². The van der Waals surface area contributed by atoms with Crippen molar-refractivity contribution in [3.8, 4) is 0 Å². The van der Waals surface area contributed by atoms with Crippen molar-refractivity contribution in [2.24, 2.45) is 4.99 Å². The number of ether oxygens (including phenoxy) is 1. The van der Waals surface area contributed by atoms with Gasteiger partial charge >= 0.3 is 6.09 Å². The van der Waals surface area contributed by atoms with Gasteiger partial charge in [-0.2, -0.15) is 4.99 Å². The third-order valence-electron chi connectivity index (χ3n) is 4.81. The Bertz CT molecular complexity index is 941. The fourth-order valence-electron chi connectivity index (χ4n) is 3.41. The number of amides is 2. The molecule has 164 valence electrons. The van der Waals surface area contributed by atoms with Gasteiger partial charge in [-0.1, -0.05) is 42.1 Å². The number of sulfone groups is 1. The van der Waals surface area contributed by atoms with Crippen LogP contribution in [-0.2, 0) is 25.8 Å². The largest absolute Gasteiger partial charge is 0.444 e. The molecule has 1 N–H and O–H groups in total. The molecule has 2 heterocycles. The third-order valence-corrected chi connectivity index (χ3v) is 8.11. The number of fused-ring (bicyclic) bond motifs is 1. The van der Waals surface area contributed by atoms with E-state index in [4.69, 9.17) is 4.74 Å². The molecule has 2 saturated heterocycles. The summed E-state index contributed by atoms with van der Waals surface area (Å²) in [5.74, 6) is -0.344. The molecule has 30 heavy (non-hydrogen) atoms. The lowest BCUT2D eigenvalue weighted by atomic mass is 10.1. The predicted octanol–water partition coefficient (Wildman–Crippen LogP) is 1.85. The second-order valence-electron chi connectivity index (χ2n) is 8.53. The highest BCUT2D eigenvalue weighted by molar-refractivity contribution is 8.15. The molecule has 2 aliphatic rings. The number of thioether (sulfide) groups is 1. The van der Waals surface area contributed by atoms with Gasteiger partial charge in [0.1, 0.15) is 11.6 Å². The van der Waals surface area contributed by atoms with Crippen molar-refractivity contribution < 1.29 is 22.7 Å². The van der Waals surface area contributed by atoms with Gasteiger partial charge in [-0.25, -0.2) is 13.2 Å². The number of rotatable bonds is 4. The molecule has 2 aliphatic heterocycles. The van der Waals surface area contributed by atoms with Gasteiger partial charge in [0.2, 0.25) is 0 Å². The first-order chi connectivity index (χ1) is 13.9. The first-order valence-corrected chi connectivity index (χ1v) is 12.4. The average molecular weight is 454 g/mol. The Morgan fingerprint density at radius 3 is 2.53 bits per heavy atom. The van der Waals surface area contributed by atoms with E-state index in [1.807, 2.05) is 30.3 Å². The van der Waals surface area contributed by atoms with Crippen LogP contribution in [0.3, 0.4) is 0 Å². The summed E-state index contributed by atoms with van der Waals surface area (Å²) in [6.45, 7) is 5.24. The van der Waals surface area contributed by atoms with Gasteiger partial charge in [0.15, 0.2) is 15.0 Å². The molecule has 2 amide bonds. The van der Waals surface area contributed by atoms with Gasteiger partial charge in [-0.05, 0) is 26.3 Å². The number of benzene rings is 1. The maximum Gasteiger partial charge on any atom is 0.408 e. The van der Waals surface area contributed by atoms with E-state index in [1.54, 1.807) is 32.7 Å². The number of alkyl carbamates (subject to hydrolysis) is 1. The van der Waals surface area contributed by atoms with Crippen LogP contribution in [0.25, 0.3) is 0 Å². The minimum Gasteiger partial charge on any atom is -0.444 e. The van der Waals surface area contributed by atoms with Gasteiger partial charge in [-0.3, -0.25) is 4.79 Å². The zero-order valence-corrected chi connectivity index (χ0v) is 19.1. The van der Waals surface area contributed by atoms with E-state index in [0.29, 0.717) is 5.17 Å². The van der Waals surface area contributed by atoms with Crippen molar-refractivity contribution in [2.45, 2.75) is 50.1 Å². The minimum atomic E-state index is -3.06. The quantitative estimate of drug-likeness (QED) is 0.742. The number of hydrogen-bond acceptors (Lipinski definition) is 6. The Hall–Kier alpha value is -2.07. The van der Waals surface area contributed by atoms with Crippen LogP contribution >= 0.6 is 11.8 Å². The second-order valence-corrected chi connectivity index (χ2v) is 11.9. The van der Waals surface area contributed by atoms with E-state index in [2.05, 4.69) is 10.3 Å². The van der Waals surface area contributed by atoms with Crippen LogP contribution in [0.5, 0.6) is 0 Å². The van der Waals surface area contributed by atoms with E-state index in [1.165, 1.54) is 11.8 Å². The van der Waals surface area contributed by atoms with E-state index < -0.39 is 33.5 Å². The molecule has 0 bridgehead atoms. The van der Waals surface area contributed by atoms with E-state index in [0.717, 1.165) is 5.56 Å². The van der Waals surface area contributed by atoms with Crippen molar-refractivity contribution in [2.75, 3.05) is 18.6 Å². The van der Waals surface area contributed by atoms with Crippen LogP contribution in [0.2, 0.25) is 0 Å². The normalized spacial score (nSPS) is 25.1. The van der Waals surface area contributed by atoms with Crippen molar-refractivity contribution >= 4 is 38.8 Å². The molecule has 3 atom stereocenters. The molecule has 2 fully saturated rings. The SMILES string of the molecule is CN1C(=NC(=O)[C@@H](Cc2ccccc2)NC(=O)OC(C)(C)C)S[C@H]2CS(=O)(=O)C[C@H]21. The summed E-state index contributed by atoms with van der Waals surface area (Å²) in [4.78, 5) is 31.3. The Morgan fingerprint density at radius 1 is 1.27 bits per heavy atom. The lowest BCUT2D eigenvalue weighted by Gasteiger charge is -2.23. The Labute approximate surface area is 181 Å². The van der Waals surface area contributed by atoms with Crippen LogP contribution in [0.15, 0.2) is 35.3 Å². The fourth-order valence-corrected chi connectivity index (χ4v) is 7.41. The van der Waals surface area contributed by atoms with E-state index in [9.17, 15) is 18.0 Å². The molecular formula is C20H27N3O5S2.